The summed E-state index contributed by atoms with van der Waals surface area (Å²) in [5.74, 6) is -1.22. The van der Waals surface area contributed by atoms with E-state index in [-0.39, 0.29) is 36.8 Å². The fourth-order valence-corrected chi connectivity index (χ4v) is 3.51. The van der Waals surface area contributed by atoms with Gasteiger partial charge in [-0.15, -0.1) is 0 Å². The van der Waals surface area contributed by atoms with Gasteiger partial charge in [-0.3, -0.25) is 24.7 Å². The van der Waals surface area contributed by atoms with Crippen molar-refractivity contribution < 1.29 is 27.6 Å². The largest absolute Gasteiger partial charge is 0.417 e. The second kappa shape index (κ2) is 6.43. The summed E-state index contributed by atoms with van der Waals surface area (Å²) < 4.78 is 38.8. The number of amides is 3. The van der Waals surface area contributed by atoms with Gasteiger partial charge in [0.1, 0.15) is 6.04 Å². The number of nitrogens with zero attached hydrogens (tertiary/aromatic N) is 2. The molecule has 2 aliphatic heterocycles. The van der Waals surface area contributed by atoms with Gasteiger partial charge in [0.05, 0.1) is 5.56 Å². The van der Waals surface area contributed by atoms with E-state index in [0.717, 1.165) is 12.3 Å². The van der Waals surface area contributed by atoms with Gasteiger partial charge in [-0.2, -0.15) is 13.2 Å². The Labute approximate surface area is 157 Å². The van der Waals surface area contributed by atoms with E-state index in [9.17, 15) is 27.6 Å². The molecule has 1 fully saturated rings. The van der Waals surface area contributed by atoms with E-state index in [1.54, 1.807) is 18.2 Å². The lowest BCUT2D eigenvalue weighted by atomic mass is 10.0. The topological polar surface area (TPSA) is 79.4 Å². The molecule has 1 atom stereocenters. The number of carbonyl (C=O) groups is 3. The first-order chi connectivity index (χ1) is 13.2. The number of fused-ring (bicyclic) bond motifs is 1. The smallest absolute Gasteiger partial charge is 0.322 e. The number of rotatable bonds is 2. The summed E-state index contributed by atoms with van der Waals surface area (Å²) in [6.45, 7) is 0.153. The van der Waals surface area contributed by atoms with Crippen molar-refractivity contribution in [3.05, 3.63) is 53.3 Å². The Balaban J connectivity index is 1.63. The quantitative estimate of drug-likeness (QED) is 0.801. The lowest BCUT2D eigenvalue weighted by molar-refractivity contribution is -0.138. The van der Waals surface area contributed by atoms with Gasteiger partial charge >= 0.3 is 6.18 Å². The number of nitrogens with one attached hydrogen (secondary N) is 1. The number of pyridine rings is 1. The number of imide groups is 1. The van der Waals surface area contributed by atoms with Crippen LogP contribution in [0.15, 0.2) is 36.7 Å². The molecule has 2 aromatic rings. The van der Waals surface area contributed by atoms with Crippen LogP contribution in [0.3, 0.4) is 0 Å². The lowest BCUT2D eigenvalue weighted by Gasteiger charge is -2.29. The number of hydrogen-bond acceptors (Lipinski definition) is 4. The average Bonchev–Trinajstić information content (AvgIpc) is 2.97. The van der Waals surface area contributed by atoms with E-state index >= 15 is 0 Å². The predicted molar refractivity (Wildman–Crippen MR) is 90.7 cm³/mol. The molecule has 2 aliphatic rings. The van der Waals surface area contributed by atoms with Crippen molar-refractivity contribution in [3.63, 3.8) is 0 Å². The molecule has 0 spiro atoms. The van der Waals surface area contributed by atoms with Crippen LogP contribution in [0.25, 0.3) is 11.1 Å². The Bertz CT molecular complexity index is 1000. The Morgan fingerprint density at radius 2 is 1.86 bits per heavy atom. The van der Waals surface area contributed by atoms with Crippen LogP contribution in [0.1, 0.15) is 34.3 Å². The second-order valence-corrected chi connectivity index (χ2v) is 6.73. The summed E-state index contributed by atoms with van der Waals surface area (Å²) in [5, 5.41) is 2.22. The number of alkyl halides is 3. The third-order valence-electron chi connectivity index (χ3n) is 4.92. The third-order valence-corrected chi connectivity index (χ3v) is 4.92. The van der Waals surface area contributed by atoms with Crippen LogP contribution in [0.4, 0.5) is 13.2 Å². The molecule has 0 saturated carbocycles. The summed E-state index contributed by atoms with van der Waals surface area (Å²) in [4.78, 5) is 41.1. The van der Waals surface area contributed by atoms with Crippen LogP contribution in [0.5, 0.6) is 0 Å². The molecule has 1 saturated heterocycles. The number of benzene rings is 1. The zero-order chi connectivity index (χ0) is 20.1. The Hall–Kier alpha value is -3.23. The Kier molecular flexibility index (Phi) is 4.17. The number of piperidine rings is 1. The van der Waals surface area contributed by atoms with Crippen LogP contribution in [0, 0.1) is 0 Å². The summed E-state index contributed by atoms with van der Waals surface area (Å²) in [6, 6.07) is 5.00. The summed E-state index contributed by atoms with van der Waals surface area (Å²) >= 11 is 0. The number of aromatic nitrogens is 1. The number of carbonyl (C=O) groups excluding carboxylic acids is 3. The molecule has 144 valence electrons. The first-order valence-corrected chi connectivity index (χ1v) is 8.54. The zero-order valence-electron chi connectivity index (χ0n) is 14.4. The third kappa shape index (κ3) is 3.12. The van der Waals surface area contributed by atoms with Crippen molar-refractivity contribution in [1.82, 2.24) is 15.2 Å². The molecular formula is C19H14F3N3O3. The molecule has 9 heteroatoms. The van der Waals surface area contributed by atoms with Crippen LogP contribution in [0.2, 0.25) is 0 Å². The van der Waals surface area contributed by atoms with Crippen LogP contribution in [-0.4, -0.2) is 33.6 Å². The van der Waals surface area contributed by atoms with Crippen molar-refractivity contribution in [3.8, 4) is 11.1 Å². The Morgan fingerprint density at radius 1 is 1.07 bits per heavy atom. The van der Waals surface area contributed by atoms with E-state index in [1.165, 1.54) is 11.1 Å². The van der Waals surface area contributed by atoms with Gasteiger partial charge in [0.15, 0.2) is 0 Å². The molecule has 1 aromatic carbocycles. The molecule has 0 bridgehead atoms. The van der Waals surface area contributed by atoms with Gasteiger partial charge in [0.2, 0.25) is 11.8 Å². The van der Waals surface area contributed by atoms with Gasteiger partial charge in [0.25, 0.3) is 5.91 Å². The SMILES string of the molecule is O=C1CCC(N2Cc3cc(-c4cncc(C(F)(F)F)c4)ccc3C2=O)C(=O)N1. The molecular weight excluding hydrogens is 375 g/mol. The molecule has 1 N–H and O–H groups in total. The van der Waals surface area contributed by atoms with Crippen LogP contribution >= 0.6 is 0 Å². The molecule has 1 aromatic heterocycles. The fraction of sp³-hybridized carbons (Fsp3) is 0.263. The van der Waals surface area contributed by atoms with Crippen molar-refractivity contribution in [2.75, 3.05) is 0 Å². The summed E-state index contributed by atoms with van der Waals surface area (Å²) in [6.07, 6.45) is -2.03. The minimum absolute atomic E-state index is 0.150. The van der Waals surface area contributed by atoms with Crippen molar-refractivity contribution in [2.45, 2.75) is 31.6 Å². The Morgan fingerprint density at radius 3 is 2.57 bits per heavy atom. The average molecular weight is 389 g/mol. The maximum Gasteiger partial charge on any atom is 0.417 e. The van der Waals surface area contributed by atoms with Crippen LogP contribution < -0.4 is 5.32 Å². The van der Waals surface area contributed by atoms with E-state index in [0.29, 0.717) is 16.7 Å². The minimum atomic E-state index is -4.50. The highest BCUT2D eigenvalue weighted by atomic mass is 19.4. The predicted octanol–water partition coefficient (Wildman–Crippen LogP) is 2.53. The molecule has 3 heterocycles. The van der Waals surface area contributed by atoms with E-state index in [1.807, 2.05) is 0 Å². The fourth-order valence-electron chi connectivity index (χ4n) is 3.51. The molecule has 28 heavy (non-hydrogen) atoms. The first-order valence-electron chi connectivity index (χ1n) is 8.54. The highest BCUT2D eigenvalue weighted by Gasteiger charge is 2.39. The summed E-state index contributed by atoms with van der Waals surface area (Å²) in [7, 11) is 0. The van der Waals surface area contributed by atoms with Crippen molar-refractivity contribution >= 4 is 17.7 Å². The highest BCUT2D eigenvalue weighted by molar-refractivity contribution is 6.05. The number of hydrogen-bond donors (Lipinski definition) is 1. The van der Waals surface area contributed by atoms with Gasteiger partial charge in [-0.25, -0.2) is 0 Å². The highest BCUT2D eigenvalue weighted by Crippen LogP contribution is 2.34. The first kappa shape index (κ1) is 18.1. The summed E-state index contributed by atoms with van der Waals surface area (Å²) in [5.41, 5.74) is 0.935. The van der Waals surface area contributed by atoms with Crippen LogP contribution in [-0.2, 0) is 22.3 Å². The molecule has 0 aliphatic carbocycles. The molecule has 4 rings (SSSR count). The lowest BCUT2D eigenvalue weighted by Crippen LogP contribution is -2.52. The standard InChI is InChI=1S/C19H14F3N3O3/c20-19(21,22)13-6-11(7-23-8-13)10-1-2-14-12(5-10)9-25(18(14)28)15-3-4-16(26)24-17(15)27/h1-2,5-8,15H,3-4,9H2,(H,24,26,27). The van der Waals surface area contributed by atoms with E-state index in [4.69, 9.17) is 0 Å². The monoisotopic (exact) mass is 389 g/mol. The maximum atomic E-state index is 12.9. The molecule has 3 amide bonds. The van der Waals surface area contributed by atoms with Gasteiger partial charge in [-0.1, -0.05) is 6.07 Å². The van der Waals surface area contributed by atoms with E-state index < -0.39 is 23.7 Å². The van der Waals surface area contributed by atoms with Gasteiger partial charge in [0, 0.05) is 36.5 Å². The second-order valence-electron chi connectivity index (χ2n) is 6.73. The zero-order valence-corrected chi connectivity index (χ0v) is 14.4. The normalized spacial score (nSPS) is 19.6. The minimum Gasteiger partial charge on any atom is -0.322 e. The van der Waals surface area contributed by atoms with Gasteiger partial charge < -0.3 is 4.90 Å². The van der Waals surface area contributed by atoms with Crippen molar-refractivity contribution in [2.24, 2.45) is 0 Å². The van der Waals surface area contributed by atoms with Crippen molar-refractivity contribution in [1.29, 1.82) is 0 Å². The molecule has 6 nitrogen and oxygen atoms in total. The molecule has 1 unspecified atom stereocenters. The number of halogens is 3. The maximum absolute atomic E-state index is 12.9. The molecule has 0 radical (unpaired) electrons. The van der Waals surface area contributed by atoms with E-state index in [2.05, 4.69) is 10.3 Å². The van der Waals surface area contributed by atoms with Gasteiger partial charge in [-0.05, 0) is 35.7 Å².